The lowest BCUT2D eigenvalue weighted by Crippen LogP contribution is -2.13. The summed E-state index contributed by atoms with van der Waals surface area (Å²) in [4.78, 5) is 16.8. The number of carbonyl (C=O) groups is 1. The highest BCUT2D eigenvalue weighted by molar-refractivity contribution is 14.1. The smallest absolute Gasteiger partial charge is 0.336 e. The van der Waals surface area contributed by atoms with Crippen LogP contribution in [0.5, 0.6) is 0 Å². The molecule has 1 aliphatic rings. The first-order chi connectivity index (χ1) is 12.1. The second-order valence-corrected chi connectivity index (χ2v) is 7.34. The van der Waals surface area contributed by atoms with Crippen LogP contribution in [0.25, 0.3) is 22.6 Å². The first-order valence-corrected chi connectivity index (χ1v) is 9.33. The number of aromatic carboxylic acids is 1. The average Bonchev–Trinajstić information content (AvgIpc) is 2.61. The van der Waals surface area contributed by atoms with E-state index in [1.807, 2.05) is 36.4 Å². The van der Waals surface area contributed by atoms with Crippen molar-refractivity contribution in [2.24, 2.45) is 0 Å². The Bertz CT molecular complexity index is 1020. The molecule has 3 aromatic rings. The zero-order valence-electron chi connectivity index (χ0n) is 13.5. The molecule has 2 aromatic carbocycles. The molecule has 0 bridgehead atoms. The van der Waals surface area contributed by atoms with Crippen LogP contribution in [0.3, 0.4) is 0 Å². The van der Waals surface area contributed by atoms with Gasteiger partial charge in [0.25, 0.3) is 0 Å². The molecule has 0 saturated heterocycles. The van der Waals surface area contributed by atoms with Gasteiger partial charge in [-0.25, -0.2) is 9.78 Å². The van der Waals surface area contributed by atoms with E-state index in [1.54, 1.807) is 0 Å². The molecular weight excluding hydrogens is 425 g/mol. The van der Waals surface area contributed by atoms with Gasteiger partial charge in [0.15, 0.2) is 0 Å². The van der Waals surface area contributed by atoms with Crippen molar-refractivity contribution in [3.05, 3.63) is 74.5 Å². The lowest BCUT2D eigenvalue weighted by molar-refractivity contribution is 0.0697. The number of benzene rings is 2. The number of carboxylic acid groups (broad SMARTS) is 1. The van der Waals surface area contributed by atoms with Crippen molar-refractivity contribution < 1.29 is 9.90 Å². The number of aromatic nitrogens is 1. The Hall–Kier alpha value is -2.21. The van der Waals surface area contributed by atoms with E-state index in [0.29, 0.717) is 5.56 Å². The Morgan fingerprint density at radius 3 is 2.64 bits per heavy atom. The molecule has 124 valence electrons. The topological polar surface area (TPSA) is 50.2 Å². The van der Waals surface area contributed by atoms with Crippen LogP contribution in [0.4, 0.5) is 0 Å². The van der Waals surface area contributed by atoms with Crippen molar-refractivity contribution in [2.45, 2.75) is 19.3 Å². The molecule has 0 radical (unpaired) electrons. The fourth-order valence-corrected chi connectivity index (χ4v) is 4.04. The lowest BCUT2D eigenvalue weighted by Gasteiger charge is -2.21. The first kappa shape index (κ1) is 16.3. The van der Waals surface area contributed by atoms with E-state index in [9.17, 15) is 9.90 Å². The quantitative estimate of drug-likeness (QED) is 0.541. The summed E-state index contributed by atoms with van der Waals surface area (Å²) in [5.41, 5.74) is 5.15. The Morgan fingerprint density at radius 1 is 1.08 bits per heavy atom. The zero-order chi connectivity index (χ0) is 17.4. The van der Waals surface area contributed by atoms with Gasteiger partial charge in [-0.05, 0) is 76.8 Å². The van der Waals surface area contributed by atoms with Crippen molar-refractivity contribution in [1.82, 2.24) is 4.98 Å². The molecule has 0 atom stereocenters. The summed E-state index contributed by atoms with van der Waals surface area (Å²) >= 11 is 2.33. The van der Waals surface area contributed by atoms with E-state index in [0.717, 1.165) is 52.6 Å². The molecule has 1 heterocycles. The number of pyridine rings is 1. The highest BCUT2D eigenvalue weighted by Gasteiger charge is 2.24. The van der Waals surface area contributed by atoms with E-state index in [2.05, 4.69) is 40.8 Å². The highest BCUT2D eigenvalue weighted by atomic mass is 127. The minimum absolute atomic E-state index is 0.411. The van der Waals surface area contributed by atoms with E-state index in [4.69, 9.17) is 4.98 Å². The molecule has 0 aliphatic heterocycles. The SMILES string of the molecule is O=C(O)c1c2c(nc3ccccc13)/C(=C\c1ccccc1I)CCC2. The molecule has 4 heteroatoms. The van der Waals surface area contributed by atoms with Crippen LogP contribution in [-0.2, 0) is 6.42 Å². The molecule has 25 heavy (non-hydrogen) atoms. The highest BCUT2D eigenvalue weighted by Crippen LogP contribution is 2.36. The molecule has 1 aromatic heterocycles. The van der Waals surface area contributed by atoms with Crippen molar-refractivity contribution in [3.8, 4) is 0 Å². The number of nitrogens with zero attached hydrogens (tertiary/aromatic N) is 1. The molecule has 0 spiro atoms. The summed E-state index contributed by atoms with van der Waals surface area (Å²) in [6.45, 7) is 0. The summed E-state index contributed by atoms with van der Waals surface area (Å²) in [6, 6.07) is 15.7. The van der Waals surface area contributed by atoms with Gasteiger partial charge in [-0.2, -0.15) is 0 Å². The Morgan fingerprint density at radius 2 is 1.84 bits per heavy atom. The van der Waals surface area contributed by atoms with Gasteiger partial charge in [-0.3, -0.25) is 0 Å². The molecular formula is C21H16INO2. The molecule has 3 nitrogen and oxygen atoms in total. The predicted octanol–water partition coefficient (Wildman–Crippen LogP) is 5.41. The summed E-state index contributed by atoms with van der Waals surface area (Å²) < 4.78 is 1.18. The van der Waals surface area contributed by atoms with E-state index >= 15 is 0 Å². The second kappa shape index (κ2) is 6.59. The maximum absolute atomic E-state index is 12.0. The summed E-state index contributed by atoms with van der Waals surface area (Å²) in [5.74, 6) is -0.870. The Balaban J connectivity index is 1.99. The third-order valence-electron chi connectivity index (χ3n) is 4.62. The van der Waals surface area contributed by atoms with Gasteiger partial charge in [0.05, 0.1) is 16.8 Å². The van der Waals surface area contributed by atoms with Crippen molar-refractivity contribution in [3.63, 3.8) is 0 Å². The molecule has 4 rings (SSSR count). The normalized spacial score (nSPS) is 15.3. The number of allylic oxidation sites excluding steroid dienone is 1. The van der Waals surface area contributed by atoms with Gasteiger partial charge in [0, 0.05) is 8.96 Å². The van der Waals surface area contributed by atoms with Gasteiger partial charge in [-0.1, -0.05) is 36.4 Å². The van der Waals surface area contributed by atoms with Crippen LogP contribution >= 0.6 is 22.6 Å². The van der Waals surface area contributed by atoms with Gasteiger partial charge in [-0.15, -0.1) is 0 Å². The van der Waals surface area contributed by atoms with Crippen LogP contribution in [0.15, 0.2) is 48.5 Å². The molecule has 1 aliphatic carbocycles. The maximum atomic E-state index is 12.0. The van der Waals surface area contributed by atoms with Crippen LogP contribution in [0.1, 0.15) is 40.0 Å². The van der Waals surface area contributed by atoms with Crippen LogP contribution < -0.4 is 0 Å². The number of hydrogen-bond acceptors (Lipinski definition) is 2. The van der Waals surface area contributed by atoms with Crippen LogP contribution in [-0.4, -0.2) is 16.1 Å². The zero-order valence-corrected chi connectivity index (χ0v) is 15.7. The minimum atomic E-state index is -0.870. The van der Waals surface area contributed by atoms with E-state index in [-0.39, 0.29) is 0 Å². The van der Waals surface area contributed by atoms with Crippen molar-refractivity contribution in [2.75, 3.05) is 0 Å². The average molecular weight is 441 g/mol. The second-order valence-electron chi connectivity index (χ2n) is 6.18. The third kappa shape index (κ3) is 2.95. The fraction of sp³-hybridized carbons (Fsp3) is 0.143. The maximum Gasteiger partial charge on any atom is 0.336 e. The molecule has 1 N–H and O–H groups in total. The summed E-state index contributed by atoms with van der Waals surface area (Å²) in [6.07, 6.45) is 4.79. The summed E-state index contributed by atoms with van der Waals surface area (Å²) in [5, 5.41) is 10.5. The number of halogens is 1. The summed E-state index contributed by atoms with van der Waals surface area (Å²) in [7, 11) is 0. The number of carboxylic acids is 1. The molecule has 0 fully saturated rings. The monoisotopic (exact) mass is 441 g/mol. The first-order valence-electron chi connectivity index (χ1n) is 8.25. The van der Waals surface area contributed by atoms with Crippen LogP contribution in [0.2, 0.25) is 0 Å². The van der Waals surface area contributed by atoms with Crippen LogP contribution in [0, 0.1) is 3.57 Å². The van der Waals surface area contributed by atoms with E-state index in [1.165, 1.54) is 3.57 Å². The fourth-order valence-electron chi connectivity index (χ4n) is 3.50. The predicted molar refractivity (Wildman–Crippen MR) is 109 cm³/mol. The number of hydrogen-bond donors (Lipinski definition) is 1. The molecule has 0 saturated carbocycles. The Labute approximate surface area is 159 Å². The van der Waals surface area contributed by atoms with Crippen molar-refractivity contribution in [1.29, 1.82) is 0 Å². The van der Waals surface area contributed by atoms with E-state index < -0.39 is 5.97 Å². The van der Waals surface area contributed by atoms with Gasteiger partial charge < -0.3 is 5.11 Å². The third-order valence-corrected chi connectivity index (χ3v) is 5.60. The Kier molecular flexibility index (Phi) is 4.29. The molecule has 0 unspecified atom stereocenters. The van der Waals surface area contributed by atoms with Gasteiger partial charge in [0.2, 0.25) is 0 Å². The number of para-hydroxylation sites is 1. The largest absolute Gasteiger partial charge is 0.478 e. The minimum Gasteiger partial charge on any atom is -0.478 e. The van der Waals surface area contributed by atoms with Crippen molar-refractivity contribution >= 4 is 51.1 Å². The molecule has 0 amide bonds. The van der Waals surface area contributed by atoms with Gasteiger partial charge >= 0.3 is 5.97 Å². The lowest BCUT2D eigenvalue weighted by atomic mass is 9.86. The standard InChI is InChI=1S/C21H16INO2/c22-17-10-3-1-6-13(17)12-14-7-5-9-16-19(21(24)25)15-8-2-4-11-18(15)23-20(14)16/h1-4,6,8,10-12H,5,7,9H2,(H,24,25)/b14-12-. The van der Waals surface area contributed by atoms with Gasteiger partial charge in [0.1, 0.15) is 0 Å². The number of fused-ring (bicyclic) bond motifs is 2. The number of rotatable bonds is 2.